The number of rotatable bonds is 5. The van der Waals surface area contributed by atoms with Crippen LogP contribution in [0.15, 0.2) is 47.2 Å². The maximum atomic E-state index is 13.2. The fourth-order valence-corrected chi connectivity index (χ4v) is 2.83. The lowest BCUT2D eigenvalue weighted by atomic mass is 9.94. The summed E-state index contributed by atoms with van der Waals surface area (Å²) in [7, 11) is 0. The number of alkyl halides is 3. The van der Waals surface area contributed by atoms with Gasteiger partial charge in [0.2, 0.25) is 5.91 Å². The van der Waals surface area contributed by atoms with Crippen molar-refractivity contribution in [3.63, 3.8) is 0 Å². The summed E-state index contributed by atoms with van der Waals surface area (Å²) < 4.78 is 39.6. The number of nitriles is 1. The Labute approximate surface area is 135 Å². The van der Waals surface area contributed by atoms with Gasteiger partial charge in [-0.15, -0.1) is 0 Å². The van der Waals surface area contributed by atoms with Gasteiger partial charge in [-0.05, 0) is 28.0 Å². The summed E-state index contributed by atoms with van der Waals surface area (Å²) in [5.74, 6) is -2.71. The summed E-state index contributed by atoms with van der Waals surface area (Å²) in [5, 5.41) is 14.8. The van der Waals surface area contributed by atoms with Crippen molar-refractivity contribution >= 4 is 17.2 Å². The topological polar surface area (TPSA) is 52.9 Å². The number of halogens is 3. The average molecular weight is 338 g/mol. The van der Waals surface area contributed by atoms with Crippen molar-refractivity contribution in [2.24, 2.45) is 0 Å². The number of hydrogen-bond donors (Lipinski definition) is 1. The van der Waals surface area contributed by atoms with Gasteiger partial charge in [0.05, 0.1) is 12.0 Å². The van der Waals surface area contributed by atoms with Crippen LogP contribution in [-0.4, -0.2) is 12.1 Å². The molecule has 0 aliphatic heterocycles. The molecule has 0 aliphatic rings. The molecule has 3 nitrogen and oxygen atoms in total. The smallest absolute Gasteiger partial charge is 0.337 e. The molecule has 1 heterocycles. The summed E-state index contributed by atoms with van der Waals surface area (Å²) in [5.41, 5.74) is 0.591. The molecule has 1 aromatic carbocycles. The Morgan fingerprint density at radius 2 is 1.91 bits per heavy atom. The maximum absolute atomic E-state index is 13.2. The summed E-state index contributed by atoms with van der Waals surface area (Å²) in [4.78, 5) is 12.0. The van der Waals surface area contributed by atoms with Crippen LogP contribution in [0.25, 0.3) is 0 Å². The summed E-state index contributed by atoms with van der Waals surface area (Å²) in [6.07, 6.45) is -5.29. The zero-order chi connectivity index (χ0) is 16.9. The molecule has 0 aliphatic carbocycles. The van der Waals surface area contributed by atoms with E-state index in [0.717, 1.165) is 0 Å². The van der Waals surface area contributed by atoms with E-state index in [0.29, 0.717) is 5.56 Å². The highest BCUT2D eigenvalue weighted by molar-refractivity contribution is 7.08. The van der Waals surface area contributed by atoms with E-state index in [9.17, 15) is 18.0 Å². The van der Waals surface area contributed by atoms with Crippen LogP contribution in [0, 0.1) is 11.3 Å². The second-order valence-electron chi connectivity index (χ2n) is 4.90. The van der Waals surface area contributed by atoms with Gasteiger partial charge < -0.3 is 5.32 Å². The fourth-order valence-electron chi connectivity index (χ4n) is 2.14. The normalized spacial score (nSPS) is 13.8. The first-order valence-corrected chi connectivity index (χ1v) is 7.69. The first-order chi connectivity index (χ1) is 10.9. The third kappa shape index (κ3) is 4.57. The fraction of sp³-hybridized carbons (Fsp3) is 0.250. The molecule has 1 amide bonds. The first-order valence-electron chi connectivity index (χ1n) is 6.74. The molecule has 23 heavy (non-hydrogen) atoms. The molecule has 2 rings (SSSR count). The minimum absolute atomic E-state index is 0.0270. The number of nitrogens with one attached hydrogen (secondary N) is 1. The highest BCUT2D eigenvalue weighted by Crippen LogP contribution is 2.37. The van der Waals surface area contributed by atoms with Crippen LogP contribution in [0.5, 0.6) is 0 Å². The zero-order valence-electron chi connectivity index (χ0n) is 11.9. The molecule has 2 aromatic rings. The highest BCUT2D eigenvalue weighted by Gasteiger charge is 2.42. The quantitative estimate of drug-likeness (QED) is 0.890. The van der Waals surface area contributed by atoms with Gasteiger partial charge in [0, 0.05) is 6.42 Å². The van der Waals surface area contributed by atoms with E-state index in [4.69, 9.17) is 5.26 Å². The molecule has 0 saturated heterocycles. The Bertz CT molecular complexity index is 678. The predicted octanol–water partition coefficient (Wildman–Crippen LogP) is 4.17. The number of carbonyl (C=O) groups excluding carboxylic acids is 1. The van der Waals surface area contributed by atoms with Gasteiger partial charge in [-0.25, -0.2) is 0 Å². The summed E-state index contributed by atoms with van der Waals surface area (Å²) in [6.45, 7) is 0. The second kappa shape index (κ2) is 7.29. The average Bonchev–Trinajstić information content (AvgIpc) is 3.04. The summed E-state index contributed by atoms with van der Waals surface area (Å²) in [6, 6.07) is 9.86. The Morgan fingerprint density at radius 3 is 2.43 bits per heavy atom. The van der Waals surface area contributed by atoms with E-state index in [-0.39, 0.29) is 5.56 Å². The second-order valence-corrected chi connectivity index (χ2v) is 5.68. The van der Waals surface area contributed by atoms with E-state index in [1.165, 1.54) is 35.6 Å². The van der Waals surface area contributed by atoms with Crippen LogP contribution in [0.2, 0.25) is 0 Å². The van der Waals surface area contributed by atoms with Crippen LogP contribution in [-0.2, 0) is 4.79 Å². The van der Waals surface area contributed by atoms with Crippen LogP contribution < -0.4 is 5.32 Å². The number of benzene rings is 1. The third-order valence-corrected chi connectivity index (χ3v) is 4.00. The van der Waals surface area contributed by atoms with Crippen LogP contribution in [0.1, 0.15) is 29.5 Å². The monoisotopic (exact) mass is 338 g/mol. The van der Waals surface area contributed by atoms with Crippen molar-refractivity contribution in [1.82, 2.24) is 5.32 Å². The molecule has 7 heteroatoms. The third-order valence-electron chi connectivity index (χ3n) is 3.30. The van der Waals surface area contributed by atoms with Crippen LogP contribution in [0.3, 0.4) is 0 Å². The van der Waals surface area contributed by atoms with E-state index < -0.39 is 30.5 Å². The maximum Gasteiger partial charge on any atom is 0.396 e. The Kier molecular flexibility index (Phi) is 5.40. The Balaban J connectivity index is 2.11. The molecule has 0 fully saturated rings. The minimum Gasteiger partial charge on any atom is -0.337 e. The van der Waals surface area contributed by atoms with Gasteiger partial charge in [-0.3, -0.25) is 4.79 Å². The van der Waals surface area contributed by atoms with Crippen LogP contribution >= 0.6 is 11.3 Å². The molecule has 1 aromatic heterocycles. The number of thiophene rings is 1. The SMILES string of the molecule is N#C[C@H](NC(=O)C[C@H](c1ccccc1)C(F)(F)F)c1ccsc1. The molecule has 0 spiro atoms. The van der Waals surface area contributed by atoms with Gasteiger partial charge in [0.25, 0.3) is 0 Å². The van der Waals surface area contributed by atoms with Crippen LogP contribution in [0.4, 0.5) is 13.2 Å². The van der Waals surface area contributed by atoms with Crippen molar-refractivity contribution in [2.75, 3.05) is 0 Å². The molecule has 1 N–H and O–H groups in total. The molecular formula is C16H13F3N2OS. The molecular weight excluding hydrogens is 325 g/mol. The summed E-state index contributed by atoms with van der Waals surface area (Å²) >= 11 is 1.34. The first kappa shape index (κ1) is 17.0. The zero-order valence-corrected chi connectivity index (χ0v) is 12.7. The van der Waals surface area contributed by atoms with E-state index in [2.05, 4.69) is 5.32 Å². The van der Waals surface area contributed by atoms with Gasteiger partial charge in [0.1, 0.15) is 6.04 Å². The number of carbonyl (C=O) groups is 1. The van der Waals surface area contributed by atoms with E-state index in [1.807, 2.05) is 6.07 Å². The van der Waals surface area contributed by atoms with Crippen molar-refractivity contribution in [1.29, 1.82) is 5.26 Å². The molecule has 2 atom stereocenters. The number of nitrogens with zero attached hydrogens (tertiary/aromatic N) is 1. The Hall–Kier alpha value is -2.33. The molecule has 0 radical (unpaired) electrons. The molecule has 0 bridgehead atoms. The van der Waals surface area contributed by atoms with Crippen molar-refractivity contribution in [3.05, 3.63) is 58.3 Å². The predicted molar refractivity (Wildman–Crippen MR) is 80.7 cm³/mol. The number of amides is 1. The Morgan fingerprint density at radius 1 is 1.22 bits per heavy atom. The molecule has 0 unspecified atom stereocenters. The number of hydrogen-bond acceptors (Lipinski definition) is 3. The minimum atomic E-state index is -4.54. The molecule has 120 valence electrons. The van der Waals surface area contributed by atoms with Gasteiger partial charge in [-0.1, -0.05) is 30.3 Å². The van der Waals surface area contributed by atoms with E-state index >= 15 is 0 Å². The largest absolute Gasteiger partial charge is 0.396 e. The molecule has 0 saturated carbocycles. The standard InChI is InChI=1S/C16H13F3N2OS/c17-16(18,19)13(11-4-2-1-3-5-11)8-15(22)21-14(9-20)12-6-7-23-10-12/h1-7,10,13-14H,8H2,(H,21,22)/t13-,14+/m1/s1. The highest BCUT2D eigenvalue weighted by atomic mass is 32.1. The van der Waals surface area contributed by atoms with Gasteiger partial charge in [0.15, 0.2) is 0 Å². The lowest BCUT2D eigenvalue weighted by Gasteiger charge is -2.21. The van der Waals surface area contributed by atoms with Crippen molar-refractivity contribution in [2.45, 2.75) is 24.6 Å². The van der Waals surface area contributed by atoms with Gasteiger partial charge >= 0.3 is 6.18 Å². The van der Waals surface area contributed by atoms with Gasteiger partial charge in [-0.2, -0.15) is 29.8 Å². The lowest BCUT2D eigenvalue weighted by molar-refractivity contribution is -0.157. The van der Waals surface area contributed by atoms with Crippen molar-refractivity contribution in [3.8, 4) is 6.07 Å². The van der Waals surface area contributed by atoms with E-state index in [1.54, 1.807) is 22.9 Å². The lowest BCUT2D eigenvalue weighted by Crippen LogP contribution is -2.32. The van der Waals surface area contributed by atoms with Crippen molar-refractivity contribution < 1.29 is 18.0 Å².